The Morgan fingerprint density at radius 3 is 2.26 bits per heavy atom. The number of amides is 3. The molecule has 0 radical (unpaired) electrons. The van der Waals surface area contributed by atoms with Gasteiger partial charge >= 0.3 is 0 Å². The number of methoxy groups -OCH3 is 1. The molecule has 2 saturated heterocycles. The Kier molecular flexibility index (Phi) is 10.4. The number of Topliss-reactive ketones (excluding diaryl/α,β-unsaturated/α-hetero) is 1. The standard InChI is InChI=1S/C31H43N3O8/c1-20(32-26(35)18-31(39)12-14-41-15-13-31)28(37)34-25(17-22-8-10-23(40-3)11-9-22)29(38)33-24(16-21-6-4-5-7-21)27(36)30(2)19-42-30/h6,8-11,20,24-25,39H,4-5,7,12-19H2,1-3H3,(H,32,35)(H,33,38)(H,34,37)/t20-,24-,25-,30+/m0/s1. The molecule has 3 amide bonds. The summed E-state index contributed by atoms with van der Waals surface area (Å²) in [6, 6.07) is 4.35. The van der Waals surface area contributed by atoms with E-state index in [9.17, 15) is 24.3 Å². The van der Waals surface area contributed by atoms with Crippen LogP contribution in [0.4, 0.5) is 0 Å². The Labute approximate surface area is 246 Å². The maximum atomic E-state index is 13.7. The molecule has 11 heteroatoms. The summed E-state index contributed by atoms with van der Waals surface area (Å²) in [5.74, 6) is -1.07. The van der Waals surface area contributed by atoms with E-state index in [0.29, 0.717) is 44.8 Å². The highest BCUT2D eigenvalue weighted by molar-refractivity contribution is 5.98. The van der Waals surface area contributed by atoms with E-state index < -0.39 is 47.0 Å². The lowest BCUT2D eigenvalue weighted by molar-refractivity contribution is -0.136. The van der Waals surface area contributed by atoms with Crippen LogP contribution in [0.5, 0.6) is 5.75 Å². The number of hydrogen-bond acceptors (Lipinski definition) is 8. The van der Waals surface area contributed by atoms with Crippen molar-refractivity contribution in [2.24, 2.45) is 0 Å². The number of ketones is 1. The van der Waals surface area contributed by atoms with E-state index in [2.05, 4.69) is 22.0 Å². The Morgan fingerprint density at radius 2 is 1.67 bits per heavy atom. The van der Waals surface area contributed by atoms with Crippen molar-refractivity contribution >= 4 is 23.5 Å². The van der Waals surface area contributed by atoms with Crippen LogP contribution in [0.25, 0.3) is 0 Å². The second-order valence-corrected chi connectivity index (χ2v) is 11.8. The van der Waals surface area contributed by atoms with Crippen molar-refractivity contribution in [2.45, 2.75) is 94.5 Å². The highest BCUT2D eigenvalue weighted by Crippen LogP contribution is 2.31. The molecule has 0 saturated carbocycles. The predicted octanol–water partition coefficient (Wildman–Crippen LogP) is 1.50. The zero-order valence-electron chi connectivity index (χ0n) is 24.7. The first-order valence-electron chi connectivity index (χ1n) is 14.7. The molecule has 1 aliphatic carbocycles. The minimum Gasteiger partial charge on any atom is -0.497 e. The van der Waals surface area contributed by atoms with Crippen LogP contribution in [0.1, 0.15) is 64.4 Å². The van der Waals surface area contributed by atoms with Crippen molar-refractivity contribution in [3.8, 4) is 5.75 Å². The van der Waals surface area contributed by atoms with Crippen molar-refractivity contribution in [1.82, 2.24) is 16.0 Å². The van der Waals surface area contributed by atoms with Gasteiger partial charge in [-0.1, -0.05) is 23.8 Å². The minimum absolute atomic E-state index is 0.149. The molecule has 230 valence electrons. The Morgan fingerprint density at radius 1 is 1.00 bits per heavy atom. The van der Waals surface area contributed by atoms with Gasteiger partial charge in [0.1, 0.15) is 23.4 Å². The summed E-state index contributed by atoms with van der Waals surface area (Å²) in [6.45, 7) is 4.29. The van der Waals surface area contributed by atoms with Crippen LogP contribution in [0.2, 0.25) is 0 Å². The number of benzene rings is 1. The first-order chi connectivity index (χ1) is 20.0. The van der Waals surface area contributed by atoms with E-state index in [1.807, 2.05) is 0 Å². The van der Waals surface area contributed by atoms with Crippen LogP contribution in [-0.4, -0.2) is 84.9 Å². The summed E-state index contributed by atoms with van der Waals surface area (Å²) in [6.07, 6.45) is 6.03. The Balaban J connectivity index is 1.45. The highest BCUT2D eigenvalue weighted by atomic mass is 16.6. The molecule has 11 nitrogen and oxygen atoms in total. The number of nitrogens with one attached hydrogen (secondary N) is 3. The Bertz CT molecular complexity index is 1170. The number of rotatable bonds is 14. The minimum atomic E-state index is -1.17. The molecule has 0 unspecified atom stereocenters. The van der Waals surface area contributed by atoms with Gasteiger partial charge in [-0.05, 0) is 57.2 Å². The van der Waals surface area contributed by atoms with Crippen molar-refractivity contribution in [2.75, 3.05) is 26.9 Å². The van der Waals surface area contributed by atoms with Crippen LogP contribution < -0.4 is 20.7 Å². The van der Waals surface area contributed by atoms with Crippen molar-refractivity contribution in [1.29, 1.82) is 0 Å². The maximum Gasteiger partial charge on any atom is 0.243 e. The number of epoxide rings is 1. The number of aliphatic hydroxyl groups is 1. The third-order valence-electron chi connectivity index (χ3n) is 8.25. The topological polar surface area (TPSA) is 156 Å². The zero-order valence-corrected chi connectivity index (χ0v) is 24.7. The normalized spacial score (nSPS) is 23.1. The van der Waals surface area contributed by atoms with Gasteiger partial charge in [-0.25, -0.2) is 0 Å². The molecule has 0 aromatic heterocycles. The molecule has 2 heterocycles. The summed E-state index contributed by atoms with van der Waals surface area (Å²) >= 11 is 0. The zero-order chi connectivity index (χ0) is 30.3. The molecule has 0 spiro atoms. The van der Waals surface area contributed by atoms with Gasteiger partial charge in [-0.3, -0.25) is 19.2 Å². The van der Waals surface area contributed by atoms with Crippen molar-refractivity contribution < 1.29 is 38.5 Å². The monoisotopic (exact) mass is 585 g/mol. The second-order valence-electron chi connectivity index (χ2n) is 11.8. The molecule has 4 atom stereocenters. The van der Waals surface area contributed by atoms with Gasteiger partial charge in [-0.2, -0.15) is 0 Å². The first-order valence-corrected chi connectivity index (χ1v) is 14.7. The molecule has 4 rings (SSSR count). The predicted molar refractivity (Wildman–Crippen MR) is 154 cm³/mol. The van der Waals surface area contributed by atoms with E-state index >= 15 is 0 Å². The van der Waals surface area contributed by atoms with Crippen molar-refractivity contribution in [3.05, 3.63) is 41.5 Å². The van der Waals surface area contributed by atoms with Crippen LogP contribution in [-0.2, 0) is 35.1 Å². The van der Waals surface area contributed by atoms with E-state index in [0.717, 1.165) is 30.4 Å². The van der Waals surface area contributed by atoms with E-state index in [1.165, 1.54) is 6.92 Å². The molecular weight excluding hydrogens is 542 g/mol. The summed E-state index contributed by atoms with van der Waals surface area (Å²) < 4.78 is 15.9. The number of hydrogen-bond donors (Lipinski definition) is 4. The number of ether oxygens (including phenoxy) is 3. The van der Waals surface area contributed by atoms with Gasteiger partial charge in [0, 0.05) is 32.5 Å². The average Bonchev–Trinajstić information content (AvgIpc) is 3.50. The fraction of sp³-hybridized carbons (Fsp3) is 0.613. The molecule has 42 heavy (non-hydrogen) atoms. The van der Waals surface area contributed by atoms with Crippen LogP contribution in [0, 0.1) is 0 Å². The van der Waals surface area contributed by atoms with Crippen LogP contribution in [0.3, 0.4) is 0 Å². The van der Waals surface area contributed by atoms with Gasteiger partial charge in [0.05, 0.1) is 31.8 Å². The van der Waals surface area contributed by atoms with Gasteiger partial charge in [-0.15, -0.1) is 0 Å². The maximum absolute atomic E-state index is 13.7. The molecule has 1 aromatic carbocycles. The summed E-state index contributed by atoms with van der Waals surface area (Å²) in [7, 11) is 1.56. The lowest BCUT2D eigenvalue weighted by Crippen LogP contribution is -2.57. The summed E-state index contributed by atoms with van der Waals surface area (Å²) in [4.78, 5) is 52.9. The van der Waals surface area contributed by atoms with Gasteiger partial charge in [0.15, 0.2) is 5.78 Å². The third-order valence-corrected chi connectivity index (χ3v) is 8.25. The molecule has 3 aliphatic rings. The molecule has 4 N–H and O–H groups in total. The molecule has 2 fully saturated rings. The lowest BCUT2D eigenvalue weighted by atomic mass is 9.90. The summed E-state index contributed by atoms with van der Waals surface area (Å²) in [5, 5.41) is 19.0. The summed E-state index contributed by atoms with van der Waals surface area (Å²) in [5.41, 5.74) is -0.197. The Hall–Kier alpha value is -3.28. The molecule has 2 aliphatic heterocycles. The molecule has 1 aromatic rings. The van der Waals surface area contributed by atoms with Gasteiger partial charge in [0.25, 0.3) is 0 Å². The lowest BCUT2D eigenvalue weighted by Gasteiger charge is -2.31. The first kappa shape index (κ1) is 31.7. The fourth-order valence-corrected chi connectivity index (χ4v) is 5.37. The van der Waals surface area contributed by atoms with Crippen molar-refractivity contribution in [3.63, 3.8) is 0 Å². The SMILES string of the molecule is COc1ccc(C[C@H](NC(=O)[C@H](C)NC(=O)CC2(O)CCOCC2)C(=O)N[C@@H](CC2=CCCC2)C(=O)[C@@]2(C)CO2)cc1. The largest absolute Gasteiger partial charge is 0.497 e. The van der Waals surface area contributed by atoms with E-state index in [-0.39, 0.29) is 18.6 Å². The average molecular weight is 586 g/mol. The van der Waals surface area contributed by atoms with E-state index in [1.54, 1.807) is 38.3 Å². The highest BCUT2D eigenvalue weighted by Gasteiger charge is 2.50. The molecule has 0 bridgehead atoms. The quantitative estimate of drug-likeness (QED) is 0.189. The number of allylic oxidation sites excluding steroid dienone is 1. The second kappa shape index (κ2) is 13.8. The van der Waals surface area contributed by atoms with Crippen LogP contribution in [0.15, 0.2) is 35.9 Å². The van der Waals surface area contributed by atoms with Gasteiger partial charge in [0.2, 0.25) is 17.7 Å². The number of carbonyl (C=O) groups is 4. The fourth-order valence-electron chi connectivity index (χ4n) is 5.37. The van der Waals surface area contributed by atoms with E-state index in [4.69, 9.17) is 14.2 Å². The third kappa shape index (κ3) is 8.62. The smallest absolute Gasteiger partial charge is 0.243 e. The number of carbonyl (C=O) groups excluding carboxylic acids is 4. The van der Waals surface area contributed by atoms with Crippen LogP contribution >= 0.6 is 0 Å². The molecular formula is C31H43N3O8. The van der Waals surface area contributed by atoms with Gasteiger partial charge < -0.3 is 35.3 Å².